The molecule has 0 unspecified atom stereocenters. The number of alkyl halides is 2. The molecule has 0 aliphatic carbocycles. The zero-order valence-electron chi connectivity index (χ0n) is 11.2. The molecule has 108 valence electrons. The molecule has 0 spiro atoms. The van der Waals surface area contributed by atoms with Gasteiger partial charge < -0.3 is 19.9 Å². The highest BCUT2D eigenvalue weighted by Gasteiger charge is 2.21. The van der Waals surface area contributed by atoms with Crippen molar-refractivity contribution in [3.63, 3.8) is 0 Å². The fraction of sp³-hybridized carbons (Fsp3) is 0.308. The molecular weight excluding hydrogens is 270 g/mol. The highest BCUT2D eigenvalue weighted by molar-refractivity contribution is 5.99. The van der Waals surface area contributed by atoms with Crippen LogP contribution < -0.4 is 19.9 Å². The van der Waals surface area contributed by atoms with Crippen LogP contribution in [0.15, 0.2) is 12.1 Å². The van der Waals surface area contributed by atoms with E-state index < -0.39 is 12.1 Å². The van der Waals surface area contributed by atoms with Gasteiger partial charge in [0.15, 0.2) is 11.5 Å². The highest BCUT2D eigenvalue weighted by Crippen LogP contribution is 2.45. The number of anilines is 1. The van der Waals surface area contributed by atoms with E-state index in [4.69, 9.17) is 19.9 Å². The number of aromatic nitrogens is 1. The number of fused-ring (bicyclic) bond motifs is 1. The first-order chi connectivity index (χ1) is 9.53. The number of nitrogen functional groups attached to an aromatic ring is 1. The number of halogens is 2. The van der Waals surface area contributed by atoms with E-state index in [1.165, 1.54) is 27.4 Å². The average molecular weight is 284 g/mol. The first-order valence-corrected chi connectivity index (χ1v) is 5.70. The van der Waals surface area contributed by atoms with Crippen molar-refractivity contribution in [3.05, 3.63) is 17.8 Å². The van der Waals surface area contributed by atoms with E-state index in [0.717, 1.165) is 6.07 Å². The van der Waals surface area contributed by atoms with Gasteiger partial charge >= 0.3 is 0 Å². The van der Waals surface area contributed by atoms with Gasteiger partial charge in [0.1, 0.15) is 5.69 Å². The summed E-state index contributed by atoms with van der Waals surface area (Å²) in [5.74, 6) is 0.962. The van der Waals surface area contributed by atoms with E-state index in [1.54, 1.807) is 0 Å². The monoisotopic (exact) mass is 284 g/mol. The lowest BCUT2D eigenvalue weighted by molar-refractivity contribution is 0.146. The molecule has 20 heavy (non-hydrogen) atoms. The summed E-state index contributed by atoms with van der Waals surface area (Å²) in [5, 5.41) is 0.412. The molecular formula is C13H14F2N2O3. The van der Waals surface area contributed by atoms with E-state index in [2.05, 4.69) is 4.98 Å². The predicted octanol–water partition coefficient (Wildman–Crippen LogP) is 2.78. The molecule has 0 aliphatic heterocycles. The van der Waals surface area contributed by atoms with Crippen LogP contribution in [0.3, 0.4) is 0 Å². The van der Waals surface area contributed by atoms with Crippen molar-refractivity contribution in [2.24, 2.45) is 0 Å². The summed E-state index contributed by atoms with van der Waals surface area (Å²) in [4.78, 5) is 3.88. The second-order valence-electron chi connectivity index (χ2n) is 3.98. The van der Waals surface area contributed by atoms with E-state index >= 15 is 0 Å². The van der Waals surface area contributed by atoms with Crippen molar-refractivity contribution in [2.45, 2.75) is 6.43 Å². The smallest absolute Gasteiger partial charge is 0.280 e. The Morgan fingerprint density at radius 1 is 1.05 bits per heavy atom. The summed E-state index contributed by atoms with van der Waals surface area (Å²) in [6.07, 6.45) is -2.71. The molecule has 2 N–H and O–H groups in total. The second-order valence-corrected chi connectivity index (χ2v) is 3.98. The van der Waals surface area contributed by atoms with E-state index in [-0.39, 0.29) is 11.2 Å². The highest BCUT2D eigenvalue weighted by atomic mass is 19.3. The minimum atomic E-state index is -2.71. The van der Waals surface area contributed by atoms with Crippen LogP contribution in [-0.4, -0.2) is 26.3 Å². The molecule has 2 aromatic rings. The van der Waals surface area contributed by atoms with Gasteiger partial charge in [0.2, 0.25) is 5.75 Å². The topological polar surface area (TPSA) is 66.6 Å². The number of methoxy groups -OCH3 is 3. The SMILES string of the molecule is COc1cc2nc(C(F)F)cc(N)c2c(OC)c1OC. The van der Waals surface area contributed by atoms with E-state index in [9.17, 15) is 8.78 Å². The van der Waals surface area contributed by atoms with Gasteiger partial charge in [0.05, 0.1) is 32.2 Å². The number of hydrogen-bond acceptors (Lipinski definition) is 5. The Morgan fingerprint density at radius 2 is 1.70 bits per heavy atom. The van der Waals surface area contributed by atoms with Crippen molar-refractivity contribution in [2.75, 3.05) is 27.1 Å². The molecule has 0 radical (unpaired) electrons. The summed E-state index contributed by atoms with van der Waals surface area (Å²) in [7, 11) is 4.31. The Morgan fingerprint density at radius 3 is 2.20 bits per heavy atom. The predicted molar refractivity (Wildman–Crippen MR) is 70.8 cm³/mol. The summed E-state index contributed by atoms with van der Waals surface area (Å²) in [6.45, 7) is 0. The molecule has 7 heteroatoms. The lowest BCUT2D eigenvalue weighted by atomic mass is 10.1. The fourth-order valence-corrected chi connectivity index (χ4v) is 2.03. The third-order valence-corrected chi connectivity index (χ3v) is 2.87. The average Bonchev–Trinajstić information content (AvgIpc) is 2.44. The number of rotatable bonds is 4. The third kappa shape index (κ3) is 2.15. The normalized spacial score (nSPS) is 10.9. The van der Waals surface area contributed by atoms with Gasteiger partial charge in [0, 0.05) is 11.8 Å². The molecule has 2 rings (SSSR count). The number of hydrogen-bond donors (Lipinski definition) is 1. The molecule has 0 aliphatic rings. The molecule has 1 aromatic carbocycles. The third-order valence-electron chi connectivity index (χ3n) is 2.87. The van der Waals surface area contributed by atoms with Gasteiger partial charge in [-0.25, -0.2) is 13.8 Å². The Hall–Kier alpha value is -2.31. The van der Waals surface area contributed by atoms with Crippen LogP contribution in [0.2, 0.25) is 0 Å². The zero-order chi connectivity index (χ0) is 14.9. The van der Waals surface area contributed by atoms with Gasteiger partial charge in [-0.2, -0.15) is 0 Å². The quantitative estimate of drug-likeness (QED) is 0.935. The maximum absolute atomic E-state index is 12.8. The summed E-state index contributed by atoms with van der Waals surface area (Å²) >= 11 is 0. The largest absolute Gasteiger partial charge is 0.493 e. The molecule has 5 nitrogen and oxygen atoms in total. The van der Waals surface area contributed by atoms with Gasteiger partial charge in [-0.15, -0.1) is 0 Å². The Kier molecular flexibility index (Phi) is 3.78. The lowest BCUT2D eigenvalue weighted by Crippen LogP contribution is -2.01. The maximum atomic E-state index is 12.8. The molecule has 0 amide bonds. The molecule has 1 aromatic heterocycles. The molecule has 0 bridgehead atoms. The van der Waals surface area contributed by atoms with Crippen LogP contribution >= 0.6 is 0 Å². The number of nitrogens with two attached hydrogens (primary N) is 1. The summed E-state index contributed by atoms with van der Waals surface area (Å²) in [6, 6.07) is 2.61. The van der Waals surface area contributed by atoms with E-state index in [1.807, 2.05) is 0 Å². The van der Waals surface area contributed by atoms with Crippen molar-refractivity contribution in [1.82, 2.24) is 4.98 Å². The molecule has 0 fully saturated rings. The van der Waals surface area contributed by atoms with Gasteiger partial charge in [0.25, 0.3) is 6.43 Å². The Balaban J connectivity index is 2.87. The molecule has 0 saturated carbocycles. The zero-order valence-corrected chi connectivity index (χ0v) is 11.2. The first kappa shape index (κ1) is 14.1. The van der Waals surface area contributed by atoms with Gasteiger partial charge in [-0.3, -0.25) is 0 Å². The standard InChI is InChI=1S/C13H14F2N2O3/c1-18-9-5-7-10(12(20-3)11(9)19-2)6(16)4-8(17-7)13(14)15/h4-5,13H,1-3H3,(H2,16,17). The molecule has 1 heterocycles. The minimum Gasteiger partial charge on any atom is -0.493 e. The van der Waals surface area contributed by atoms with Crippen LogP contribution in [0.5, 0.6) is 17.2 Å². The number of benzene rings is 1. The Labute approximate surface area is 114 Å². The first-order valence-electron chi connectivity index (χ1n) is 5.70. The van der Waals surface area contributed by atoms with E-state index in [0.29, 0.717) is 22.6 Å². The molecule has 0 atom stereocenters. The van der Waals surface area contributed by atoms with Crippen LogP contribution in [0.4, 0.5) is 14.5 Å². The Bertz CT molecular complexity index is 647. The lowest BCUT2D eigenvalue weighted by Gasteiger charge is -2.16. The summed E-state index contributed by atoms with van der Waals surface area (Å²) < 4.78 is 41.2. The molecule has 0 saturated heterocycles. The van der Waals surface area contributed by atoms with Gasteiger partial charge in [-0.05, 0) is 6.07 Å². The summed E-state index contributed by atoms with van der Waals surface area (Å²) in [5.41, 5.74) is 5.84. The number of ether oxygens (including phenoxy) is 3. The van der Waals surface area contributed by atoms with Crippen molar-refractivity contribution < 1.29 is 23.0 Å². The number of nitrogens with zero attached hydrogens (tertiary/aromatic N) is 1. The van der Waals surface area contributed by atoms with Crippen LogP contribution in [0.1, 0.15) is 12.1 Å². The fourth-order valence-electron chi connectivity index (χ4n) is 2.03. The van der Waals surface area contributed by atoms with Crippen LogP contribution in [-0.2, 0) is 0 Å². The van der Waals surface area contributed by atoms with Crippen LogP contribution in [0, 0.1) is 0 Å². The minimum absolute atomic E-state index is 0.142. The number of pyridine rings is 1. The van der Waals surface area contributed by atoms with Crippen molar-refractivity contribution in [3.8, 4) is 17.2 Å². The van der Waals surface area contributed by atoms with Gasteiger partial charge in [-0.1, -0.05) is 0 Å². The second kappa shape index (κ2) is 5.36. The van der Waals surface area contributed by atoms with Crippen molar-refractivity contribution in [1.29, 1.82) is 0 Å². The maximum Gasteiger partial charge on any atom is 0.280 e. The van der Waals surface area contributed by atoms with Crippen LogP contribution in [0.25, 0.3) is 10.9 Å². The van der Waals surface area contributed by atoms with Crippen molar-refractivity contribution >= 4 is 16.6 Å².